The van der Waals surface area contributed by atoms with E-state index in [0.717, 1.165) is 0 Å². The minimum atomic E-state index is -0.163. The van der Waals surface area contributed by atoms with Crippen LogP contribution in [0.2, 0.25) is 5.02 Å². The molecule has 0 spiro atoms. The first kappa shape index (κ1) is 11.9. The molecule has 0 saturated heterocycles. The van der Waals surface area contributed by atoms with Crippen molar-refractivity contribution in [3.8, 4) is 5.82 Å². The Morgan fingerprint density at radius 1 is 1.21 bits per heavy atom. The molecule has 0 bridgehead atoms. The van der Waals surface area contributed by atoms with Crippen molar-refractivity contribution < 1.29 is 0 Å². The van der Waals surface area contributed by atoms with E-state index >= 15 is 0 Å². The van der Waals surface area contributed by atoms with Gasteiger partial charge in [0.15, 0.2) is 0 Å². The Morgan fingerprint density at radius 3 is 2.79 bits per heavy atom. The summed E-state index contributed by atoms with van der Waals surface area (Å²) >= 11 is 5.94. The Balaban J connectivity index is 2.41. The molecule has 0 saturated carbocycles. The number of aryl methyl sites for hydroxylation is 1. The molecule has 0 N–H and O–H groups in total. The van der Waals surface area contributed by atoms with Crippen molar-refractivity contribution in [1.29, 1.82) is 0 Å². The molecule has 0 fully saturated rings. The third-order valence-corrected chi connectivity index (χ3v) is 3.11. The molecule has 2 heterocycles. The second kappa shape index (κ2) is 4.48. The zero-order chi connectivity index (χ0) is 13.4. The van der Waals surface area contributed by atoms with Crippen molar-refractivity contribution in [2.45, 2.75) is 6.92 Å². The van der Waals surface area contributed by atoms with E-state index in [1.807, 2.05) is 6.07 Å². The van der Waals surface area contributed by atoms with Crippen molar-refractivity contribution in [2.24, 2.45) is 0 Å². The van der Waals surface area contributed by atoms with Crippen LogP contribution in [0, 0.1) is 6.92 Å². The normalized spacial score (nSPS) is 10.8. The molecule has 0 aliphatic heterocycles. The van der Waals surface area contributed by atoms with E-state index in [4.69, 9.17) is 11.6 Å². The predicted octanol–water partition coefficient (Wildman–Crippen LogP) is 2.74. The first-order chi connectivity index (χ1) is 9.16. The number of hydrogen-bond acceptors (Lipinski definition) is 3. The van der Waals surface area contributed by atoms with Crippen LogP contribution in [0.15, 0.2) is 47.4 Å². The number of nitrogens with zero attached hydrogens (tertiary/aromatic N) is 3. The lowest BCUT2D eigenvalue weighted by molar-refractivity contribution is 0.864. The van der Waals surface area contributed by atoms with Crippen molar-refractivity contribution in [2.75, 3.05) is 0 Å². The summed E-state index contributed by atoms with van der Waals surface area (Å²) in [4.78, 5) is 21.1. The van der Waals surface area contributed by atoms with Crippen LogP contribution >= 0.6 is 11.6 Å². The minimum absolute atomic E-state index is 0.163. The van der Waals surface area contributed by atoms with Gasteiger partial charge in [-0.3, -0.25) is 4.79 Å². The molecule has 0 unspecified atom stereocenters. The lowest BCUT2D eigenvalue weighted by Crippen LogP contribution is -2.23. The highest BCUT2D eigenvalue weighted by atomic mass is 35.5. The Kier molecular flexibility index (Phi) is 2.80. The molecule has 19 heavy (non-hydrogen) atoms. The fourth-order valence-electron chi connectivity index (χ4n) is 2.02. The van der Waals surface area contributed by atoms with Gasteiger partial charge in [-0.15, -0.1) is 0 Å². The third-order valence-electron chi connectivity index (χ3n) is 2.88. The summed E-state index contributed by atoms with van der Waals surface area (Å²) in [6.07, 6.45) is 1.64. The molecule has 4 nitrogen and oxygen atoms in total. The molecule has 0 aliphatic carbocycles. The van der Waals surface area contributed by atoms with Crippen molar-refractivity contribution in [3.63, 3.8) is 0 Å². The van der Waals surface area contributed by atoms with Crippen LogP contribution in [0.25, 0.3) is 16.7 Å². The van der Waals surface area contributed by atoms with Crippen LogP contribution in [0.4, 0.5) is 0 Å². The average molecular weight is 272 g/mol. The molecule has 2 aromatic heterocycles. The molecule has 94 valence electrons. The molecule has 0 aliphatic rings. The SMILES string of the molecule is Cc1nc2ccc(Cl)cc2c(=O)n1-c1ccccn1. The van der Waals surface area contributed by atoms with Crippen LogP contribution in [0.1, 0.15) is 5.82 Å². The maximum absolute atomic E-state index is 12.5. The molecule has 3 aromatic rings. The minimum Gasteiger partial charge on any atom is -0.268 e. The van der Waals surface area contributed by atoms with Gasteiger partial charge >= 0.3 is 0 Å². The van der Waals surface area contributed by atoms with Crippen molar-refractivity contribution in [3.05, 3.63) is 63.8 Å². The summed E-state index contributed by atoms with van der Waals surface area (Å²) in [5.74, 6) is 1.15. The van der Waals surface area contributed by atoms with Gasteiger partial charge in [-0.25, -0.2) is 14.5 Å². The lowest BCUT2D eigenvalue weighted by atomic mass is 10.2. The average Bonchev–Trinajstić information content (AvgIpc) is 2.41. The predicted molar refractivity (Wildman–Crippen MR) is 74.9 cm³/mol. The number of halogens is 1. The van der Waals surface area contributed by atoms with Gasteiger partial charge in [0.25, 0.3) is 5.56 Å². The van der Waals surface area contributed by atoms with Gasteiger partial charge in [-0.1, -0.05) is 17.7 Å². The number of rotatable bonds is 1. The van der Waals surface area contributed by atoms with Crippen molar-refractivity contribution >= 4 is 22.5 Å². The number of benzene rings is 1. The second-order valence-corrected chi connectivity index (χ2v) is 4.59. The largest absolute Gasteiger partial charge is 0.268 e. The van der Waals surface area contributed by atoms with E-state index in [-0.39, 0.29) is 5.56 Å². The molecule has 0 amide bonds. The first-order valence-corrected chi connectivity index (χ1v) is 6.15. The van der Waals surface area contributed by atoms with Crippen LogP contribution in [-0.4, -0.2) is 14.5 Å². The highest BCUT2D eigenvalue weighted by Crippen LogP contribution is 2.16. The Labute approximate surface area is 114 Å². The Morgan fingerprint density at radius 2 is 2.05 bits per heavy atom. The summed E-state index contributed by atoms with van der Waals surface area (Å²) in [6, 6.07) is 10.5. The van der Waals surface area contributed by atoms with Gasteiger partial charge in [0.2, 0.25) is 0 Å². The zero-order valence-corrected chi connectivity index (χ0v) is 10.9. The van der Waals surface area contributed by atoms with E-state index in [1.54, 1.807) is 43.5 Å². The van der Waals surface area contributed by atoms with E-state index in [0.29, 0.717) is 27.6 Å². The van der Waals surface area contributed by atoms with Crippen LogP contribution in [-0.2, 0) is 0 Å². The molecular weight excluding hydrogens is 262 g/mol. The fraction of sp³-hybridized carbons (Fsp3) is 0.0714. The summed E-state index contributed by atoms with van der Waals surface area (Å²) in [5.41, 5.74) is 0.475. The van der Waals surface area contributed by atoms with Gasteiger partial charge in [0.1, 0.15) is 11.6 Å². The number of hydrogen-bond donors (Lipinski definition) is 0. The number of aromatic nitrogens is 3. The number of pyridine rings is 1. The van der Waals surface area contributed by atoms with E-state index in [2.05, 4.69) is 9.97 Å². The highest BCUT2D eigenvalue weighted by molar-refractivity contribution is 6.31. The molecule has 0 radical (unpaired) electrons. The van der Waals surface area contributed by atoms with Crippen LogP contribution < -0.4 is 5.56 Å². The third kappa shape index (κ3) is 2.00. The Hall–Kier alpha value is -2.20. The highest BCUT2D eigenvalue weighted by Gasteiger charge is 2.10. The molecule has 1 aromatic carbocycles. The quantitative estimate of drug-likeness (QED) is 0.684. The fourth-order valence-corrected chi connectivity index (χ4v) is 2.20. The van der Waals surface area contributed by atoms with Crippen LogP contribution in [0.3, 0.4) is 0 Å². The van der Waals surface area contributed by atoms with E-state index in [1.165, 1.54) is 4.57 Å². The van der Waals surface area contributed by atoms with Gasteiger partial charge in [-0.2, -0.15) is 0 Å². The Bertz CT molecular complexity index is 812. The zero-order valence-electron chi connectivity index (χ0n) is 10.2. The molecule has 5 heteroatoms. The molecule has 3 rings (SSSR count). The lowest BCUT2D eigenvalue weighted by Gasteiger charge is -2.09. The summed E-state index contributed by atoms with van der Waals surface area (Å²) in [6.45, 7) is 1.78. The molecule has 0 atom stereocenters. The maximum Gasteiger partial charge on any atom is 0.267 e. The van der Waals surface area contributed by atoms with E-state index < -0.39 is 0 Å². The van der Waals surface area contributed by atoms with Gasteiger partial charge in [0, 0.05) is 11.2 Å². The first-order valence-electron chi connectivity index (χ1n) is 5.77. The smallest absolute Gasteiger partial charge is 0.267 e. The van der Waals surface area contributed by atoms with Gasteiger partial charge in [-0.05, 0) is 37.3 Å². The van der Waals surface area contributed by atoms with E-state index in [9.17, 15) is 4.79 Å². The van der Waals surface area contributed by atoms with Gasteiger partial charge in [0.05, 0.1) is 10.9 Å². The van der Waals surface area contributed by atoms with Crippen LogP contribution in [0.5, 0.6) is 0 Å². The topological polar surface area (TPSA) is 47.8 Å². The van der Waals surface area contributed by atoms with Crippen molar-refractivity contribution in [1.82, 2.24) is 14.5 Å². The maximum atomic E-state index is 12.5. The monoisotopic (exact) mass is 271 g/mol. The number of fused-ring (bicyclic) bond motifs is 1. The van der Waals surface area contributed by atoms with Gasteiger partial charge < -0.3 is 0 Å². The second-order valence-electron chi connectivity index (χ2n) is 4.15. The summed E-state index contributed by atoms with van der Waals surface area (Å²) in [7, 11) is 0. The summed E-state index contributed by atoms with van der Waals surface area (Å²) < 4.78 is 1.48. The summed E-state index contributed by atoms with van der Waals surface area (Å²) in [5, 5.41) is 1.01. The standard InChI is InChI=1S/C14H10ClN3O/c1-9-17-12-6-5-10(15)8-11(12)14(19)18(9)13-4-2-3-7-16-13/h2-8H,1H3. The molecular formula is C14H10ClN3O.